The van der Waals surface area contributed by atoms with Gasteiger partial charge in [-0.05, 0) is 41.8 Å². The molecule has 0 N–H and O–H groups in total. The molecule has 2 aromatic rings. The van der Waals surface area contributed by atoms with Crippen LogP contribution in [0.1, 0.15) is 31.8 Å². The molecule has 0 bridgehead atoms. The normalized spacial score (nSPS) is 13.3. The van der Waals surface area contributed by atoms with Gasteiger partial charge >= 0.3 is 11.9 Å². The van der Waals surface area contributed by atoms with E-state index in [-0.39, 0.29) is 0 Å². The van der Waals surface area contributed by atoms with Crippen molar-refractivity contribution in [1.29, 1.82) is 0 Å². The molecule has 19 heavy (non-hydrogen) atoms. The minimum absolute atomic E-state index is 0.338. The Morgan fingerprint density at radius 3 is 2.21 bits per heavy atom. The molecule has 0 aromatic heterocycles. The highest BCUT2D eigenvalue weighted by atomic mass is 35.5. The molecule has 1 heterocycles. The van der Waals surface area contributed by atoms with Gasteiger partial charge < -0.3 is 4.74 Å². The number of halogens is 1. The average Bonchev–Trinajstić information content (AvgIpc) is 2.68. The molecule has 0 unspecified atom stereocenters. The van der Waals surface area contributed by atoms with Crippen LogP contribution in [-0.4, -0.2) is 11.9 Å². The summed E-state index contributed by atoms with van der Waals surface area (Å²) in [5.41, 5.74) is 2.72. The fraction of sp³-hybridized carbons (Fsp3) is 0.0667. The number of ether oxygens (including phenoxy) is 1. The largest absolute Gasteiger partial charge is 0.386 e. The number of hydrogen-bond acceptors (Lipinski definition) is 3. The van der Waals surface area contributed by atoms with E-state index in [9.17, 15) is 9.59 Å². The highest BCUT2D eigenvalue weighted by molar-refractivity contribution is 6.30. The molecule has 1 aliphatic rings. The van der Waals surface area contributed by atoms with Crippen LogP contribution in [0.4, 0.5) is 0 Å². The maximum Gasteiger partial charge on any atom is 0.346 e. The zero-order valence-corrected chi connectivity index (χ0v) is 10.6. The predicted octanol–water partition coefficient (Wildman–Crippen LogP) is 3.24. The zero-order chi connectivity index (χ0) is 13.4. The van der Waals surface area contributed by atoms with Gasteiger partial charge in [0.1, 0.15) is 0 Å². The van der Waals surface area contributed by atoms with Crippen molar-refractivity contribution in [3.63, 3.8) is 0 Å². The van der Waals surface area contributed by atoms with Crippen LogP contribution >= 0.6 is 11.6 Å². The summed E-state index contributed by atoms with van der Waals surface area (Å²) in [6.45, 7) is 0. The number of benzene rings is 2. The van der Waals surface area contributed by atoms with Gasteiger partial charge in [-0.25, -0.2) is 9.59 Å². The molecule has 1 aliphatic heterocycles. The van der Waals surface area contributed by atoms with Crippen LogP contribution < -0.4 is 0 Å². The fourth-order valence-corrected chi connectivity index (χ4v) is 2.21. The van der Waals surface area contributed by atoms with E-state index < -0.39 is 11.9 Å². The number of esters is 2. The first-order chi connectivity index (χ1) is 9.13. The lowest BCUT2D eigenvalue weighted by molar-refractivity contribution is 0.0444. The van der Waals surface area contributed by atoms with E-state index >= 15 is 0 Å². The summed E-state index contributed by atoms with van der Waals surface area (Å²) in [6, 6.07) is 12.7. The van der Waals surface area contributed by atoms with Gasteiger partial charge in [-0.2, -0.15) is 0 Å². The van der Waals surface area contributed by atoms with E-state index in [1.54, 1.807) is 12.1 Å². The van der Waals surface area contributed by atoms with Crippen molar-refractivity contribution >= 4 is 23.5 Å². The van der Waals surface area contributed by atoms with Crippen LogP contribution in [0.15, 0.2) is 42.5 Å². The number of carbonyl (C=O) groups excluding carboxylic acids is 2. The molecule has 2 aromatic carbocycles. The van der Waals surface area contributed by atoms with E-state index in [0.29, 0.717) is 22.6 Å². The first-order valence-electron chi connectivity index (χ1n) is 5.77. The SMILES string of the molecule is O=C1OC(=O)c2cc(Cc3ccc(Cl)cc3)ccc21. The Morgan fingerprint density at radius 2 is 1.47 bits per heavy atom. The summed E-state index contributed by atoms with van der Waals surface area (Å²) in [7, 11) is 0. The lowest BCUT2D eigenvalue weighted by Gasteiger charge is -2.03. The second-order valence-corrected chi connectivity index (χ2v) is 4.80. The smallest absolute Gasteiger partial charge is 0.346 e. The number of hydrogen-bond donors (Lipinski definition) is 0. The first-order valence-corrected chi connectivity index (χ1v) is 6.15. The highest BCUT2D eigenvalue weighted by Gasteiger charge is 2.29. The lowest BCUT2D eigenvalue weighted by atomic mass is 10.0. The molecule has 3 nitrogen and oxygen atoms in total. The minimum Gasteiger partial charge on any atom is -0.386 e. The maximum absolute atomic E-state index is 11.5. The van der Waals surface area contributed by atoms with Crippen LogP contribution in [0.25, 0.3) is 0 Å². The topological polar surface area (TPSA) is 43.4 Å². The Bertz CT molecular complexity index is 674. The van der Waals surface area contributed by atoms with Crippen LogP contribution in [0, 0.1) is 0 Å². The summed E-state index contributed by atoms with van der Waals surface area (Å²) in [6.07, 6.45) is 0.673. The molecule has 0 atom stereocenters. The highest BCUT2D eigenvalue weighted by Crippen LogP contribution is 2.22. The summed E-state index contributed by atoms with van der Waals surface area (Å²) >= 11 is 5.83. The van der Waals surface area contributed by atoms with Crippen molar-refractivity contribution in [2.75, 3.05) is 0 Å². The van der Waals surface area contributed by atoms with Crippen molar-refractivity contribution in [3.8, 4) is 0 Å². The first kappa shape index (κ1) is 11.9. The predicted molar refractivity (Wildman–Crippen MR) is 70.4 cm³/mol. The molecule has 0 radical (unpaired) electrons. The van der Waals surface area contributed by atoms with E-state index in [1.165, 1.54) is 0 Å². The second kappa shape index (κ2) is 4.52. The van der Waals surface area contributed by atoms with E-state index in [2.05, 4.69) is 4.74 Å². The van der Waals surface area contributed by atoms with Crippen LogP contribution in [0.2, 0.25) is 5.02 Å². The number of fused-ring (bicyclic) bond motifs is 1. The third kappa shape index (κ3) is 2.25. The summed E-state index contributed by atoms with van der Waals surface area (Å²) in [5, 5.41) is 0.687. The van der Waals surface area contributed by atoms with Crippen LogP contribution in [0.5, 0.6) is 0 Å². The molecular formula is C15H9ClO3. The zero-order valence-electron chi connectivity index (χ0n) is 9.85. The van der Waals surface area contributed by atoms with Crippen molar-refractivity contribution in [1.82, 2.24) is 0 Å². The van der Waals surface area contributed by atoms with Crippen LogP contribution in [-0.2, 0) is 11.2 Å². The van der Waals surface area contributed by atoms with E-state index in [1.807, 2.05) is 30.3 Å². The van der Waals surface area contributed by atoms with Crippen LogP contribution in [0.3, 0.4) is 0 Å². The monoisotopic (exact) mass is 272 g/mol. The summed E-state index contributed by atoms with van der Waals surface area (Å²) in [4.78, 5) is 22.8. The molecule has 0 fully saturated rings. The maximum atomic E-state index is 11.5. The molecule has 94 valence electrons. The molecular weight excluding hydrogens is 264 g/mol. The van der Waals surface area contributed by atoms with Crippen molar-refractivity contribution in [2.24, 2.45) is 0 Å². The Balaban J connectivity index is 1.91. The molecule has 0 saturated heterocycles. The molecule has 4 heteroatoms. The van der Waals surface area contributed by atoms with Crippen molar-refractivity contribution in [2.45, 2.75) is 6.42 Å². The van der Waals surface area contributed by atoms with Gasteiger partial charge in [-0.15, -0.1) is 0 Å². The molecule has 3 rings (SSSR count). The van der Waals surface area contributed by atoms with E-state index in [4.69, 9.17) is 11.6 Å². The average molecular weight is 273 g/mol. The van der Waals surface area contributed by atoms with Gasteiger partial charge in [0, 0.05) is 5.02 Å². The molecule has 0 spiro atoms. The van der Waals surface area contributed by atoms with Gasteiger partial charge in [0.15, 0.2) is 0 Å². The standard InChI is InChI=1S/C15H9ClO3/c16-11-4-1-9(2-5-11)7-10-3-6-12-13(8-10)15(18)19-14(12)17/h1-6,8H,7H2. The van der Waals surface area contributed by atoms with Gasteiger partial charge in [-0.3, -0.25) is 0 Å². The lowest BCUT2D eigenvalue weighted by Crippen LogP contribution is -1.97. The van der Waals surface area contributed by atoms with Gasteiger partial charge in [0.05, 0.1) is 11.1 Å². The third-order valence-corrected chi connectivity index (χ3v) is 3.28. The Morgan fingerprint density at radius 1 is 0.842 bits per heavy atom. The minimum atomic E-state index is -0.571. The Labute approximate surface area is 114 Å². The summed E-state index contributed by atoms with van der Waals surface area (Å²) < 4.78 is 4.56. The van der Waals surface area contributed by atoms with Gasteiger partial charge in [0.25, 0.3) is 0 Å². The number of cyclic esters (lactones) is 2. The Hall–Kier alpha value is -2.13. The quantitative estimate of drug-likeness (QED) is 0.623. The number of carbonyl (C=O) groups is 2. The Kier molecular flexibility index (Phi) is 2.84. The second-order valence-electron chi connectivity index (χ2n) is 4.36. The number of rotatable bonds is 2. The summed E-state index contributed by atoms with van der Waals surface area (Å²) in [5.74, 6) is -1.14. The molecule has 0 aliphatic carbocycles. The molecule has 0 saturated carbocycles. The van der Waals surface area contributed by atoms with E-state index in [0.717, 1.165) is 11.1 Å². The third-order valence-electron chi connectivity index (χ3n) is 3.03. The molecule has 0 amide bonds. The fourth-order valence-electron chi connectivity index (χ4n) is 2.08. The van der Waals surface area contributed by atoms with Gasteiger partial charge in [0.2, 0.25) is 0 Å². The van der Waals surface area contributed by atoms with Crippen molar-refractivity contribution in [3.05, 3.63) is 69.7 Å². The van der Waals surface area contributed by atoms with Gasteiger partial charge in [-0.1, -0.05) is 29.8 Å². The van der Waals surface area contributed by atoms with Crippen molar-refractivity contribution < 1.29 is 14.3 Å².